The smallest absolute Gasteiger partial charge is 0.300 e. The van der Waals surface area contributed by atoms with Crippen molar-refractivity contribution in [2.45, 2.75) is 13.0 Å². The van der Waals surface area contributed by atoms with Crippen molar-refractivity contribution in [3.05, 3.63) is 94.0 Å². The molecule has 1 saturated heterocycles. The van der Waals surface area contributed by atoms with Crippen LogP contribution in [0.5, 0.6) is 11.5 Å². The number of hydrogen-bond donors (Lipinski definition) is 1. The van der Waals surface area contributed by atoms with Gasteiger partial charge in [-0.05, 0) is 48.4 Å². The van der Waals surface area contributed by atoms with Gasteiger partial charge in [-0.2, -0.15) is 0 Å². The largest absolute Gasteiger partial charge is 0.507 e. The number of methoxy groups -OCH3 is 2. The molecule has 6 nitrogen and oxygen atoms in total. The van der Waals surface area contributed by atoms with Crippen molar-refractivity contribution in [3.8, 4) is 11.5 Å². The first-order valence-corrected chi connectivity index (χ1v) is 10.6. The number of halogens is 1. The molecule has 1 amide bonds. The molecule has 1 fully saturated rings. The summed E-state index contributed by atoms with van der Waals surface area (Å²) in [6.07, 6.45) is 0. The van der Waals surface area contributed by atoms with Crippen molar-refractivity contribution in [1.29, 1.82) is 0 Å². The third-order valence-electron chi connectivity index (χ3n) is 5.68. The molecule has 1 aliphatic heterocycles. The fraction of sp³-hybridized carbons (Fsp3) is 0.154. The maximum absolute atomic E-state index is 13.3. The van der Waals surface area contributed by atoms with Gasteiger partial charge in [0.05, 0.1) is 30.9 Å². The average Bonchev–Trinajstić information content (AvgIpc) is 3.09. The van der Waals surface area contributed by atoms with Gasteiger partial charge in [-0.3, -0.25) is 14.5 Å². The number of anilines is 1. The van der Waals surface area contributed by atoms with Gasteiger partial charge in [0.2, 0.25) is 0 Å². The Hall–Kier alpha value is -3.77. The standard InChI is InChI=1S/C26H22ClNO5/c1-15-7-4-5-10-19(15)23-22(24(29)16-11-12-21(33-3)20(27)13-16)25(30)26(31)28(23)17-8-6-9-18(14-17)32-2/h4-14,23,29H,1-3H3/b24-22+. The third-order valence-corrected chi connectivity index (χ3v) is 5.98. The number of amides is 1. The predicted octanol–water partition coefficient (Wildman–Crippen LogP) is 5.29. The Bertz CT molecular complexity index is 1280. The quantitative estimate of drug-likeness (QED) is 0.316. The fourth-order valence-electron chi connectivity index (χ4n) is 4.02. The van der Waals surface area contributed by atoms with Gasteiger partial charge < -0.3 is 14.6 Å². The normalized spacial score (nSPS) is 17.3. The van der Waals surface area contributed by atoms with Gasteiger partial charge in [-0.1, -0.05) is 41.9 Å². The summed E-state index contributed by atoms with van der Waals surface area (Å²) in [6.45, 7) is 1.89. The molecule has 0 saturated carbocycles. The predicted molar refractivity (Wildman–Crippen MR) is 127 cm³/mol. The van der Waals surface area contributed by atoms with Gasteiger partial charge in [0.15, 0.2) is 0 Å². The van der Waals surface area contributed by atoms with Crippen LogP contribution in [0, 0.1) is 6.92 Å². The van der Waals surface area contributed by atoms with Crippen LogP contribution >= 0.6 is 11.6 Å². The Kier molecular flexibility index (Phi) is 6.11. The summed E-state index contributed by atoms with van der Waals surface area (Å²) in [4.78, 5) is 27.9. The van der Waals surface area contributed by atoms with Crippen LogP contribution in [0.3, 0.4) is 0 Å². The number of nitrogens with zero attached hydrogens (tertiary/aromatic N) is 1. The van der Waals surface area contributed by atoms with Gasteiger partial charge in [0.1, 0.15) is 17.3 Å². The van der Waals surface area contributed by atoms with Crippen LogP contribution in [0.4, 0.5) is 5.69 Å². The van der Waals surface area contributed by atoms with Crippen LogP contribution in [0.1, 0.15) is 22.7 Å². The zero-order valence-corrected chi connectivity index (χ0v) is 19.1. The second kappa shape index (κ2) is 9.00. The fourth-order valence-corrected chi connectivity index (χ4v) is 4.27. The lowest BCUT2D eigenvalue weighted by molar-refractivity contribution is -0.132. The lowest BCUT2D eigenvalue weighted by atomic mass is 9.92. The number of aliphatic hydroxyl groups is 1. The molecule has 0 radical (unpaired) electrons. The number of ketones is 1. The van der Waals surface area contributed by atoms with E-state index in [0.717, 1.165) is 11.1 Å². The summed E-state index contributed by atoms with van der Waals surface area (Å²) in [5, 5.41) is 11.5. The van der Waals surface area contributed by atoms with E-state index in [0.29, 0.717) is 22.7 Å². The van der Waals surface area contributed by atoms with E-state index in [1.54, 1.807) is 36.4 Å². The number of ether oxygens (including phenoxy) is 2. The molecule has 33 heavy (non-hydrogen) atoms. The zero-order chi connectivity index (χ0) is 23.7. The summed E-state index contributed by atoms with van der Waals surface area (Å²) in [7, 11) is 3.01. The number of aliphatic hydroxyl groups excluding tert-OH is 1. The third kappa shape index (κ3) is 3.94. The van der Waals surface area contributed by atoms with E-state index in [-0.39, 0.29) is 16.4 Å². The zero-order valence-electron chi connectivity index (χ0n) is 18.3. The highest BCUT2D eigenvalue weighted by Gasteiger charge is 2.47. The first-order valence-electron chi connectivity index (χ1n) is 10.2. The lowest BCUT2D eigenvalue weighted by Gasteiger charge is -2.27. The molecule has 0 bridgehead atoms. The van der Waals surface area contributed by atoms with Crippen LogP contribution in [-0.4, -0.2) is 31.0 Å². The van der Waals surface area contributed by atoms with Crippen molar-refractivity contribution in [1.82, 2.24) is 0 Å². The minimum atomic E-state index is -0.834. The van der Waals surface area contributed by atoms with Crippen LogP contribution in [0.2, 0.25) is 5.02 Å². The summed E-state index contributed by atoms with van der Waals surface area (Å²) in [5.74, 6) is -0.856. The van der Waals surface area contributed by atoms with E-state index >= 15 is 0 Å². The van der Waals surface area contributed by atoms with Crippen LogP contribution in [-0.2, 0) is 9.59 Å². The van der Waals surface area contributed by atoms with E-state index in [9.17, 15) is 14.7 Å². The van der Waals surface area contributed by atoms with Crippen LogP contribution < -0.4 is 14.4 Å². The topological polar surface area (TPSA) is 76.1 Å². The van der Waals surface area contributed by atoms with E-state index < -0.39 is 17.7 Å². The monoisotopic (exact) mass is 463 g/mol. The Balaban J connectivity index is 1.96. The van der Waals surface area contributed by atoms with E-state index in [1.165, 1.54) is 25.2 Å². The molecule has 7 heteroatoms. The highest BCUT2D eigenvalue weighted by Crippen LogP contribution is 2.44. The Morgan fingerprint density at radius 3 is 2.39 bits per heavy atom. The van der Waals surface area contributed by atoms with Gasteiger partial charge in [0.25, 0.3) is 11.7 Å². The molecule has 3 aromatic carbocycles. The first-order chi connectivity index (χ1) is 15.9. The first kappa shape index (κ1) is 22.4. The number of hydrogen-bond acceptors (Lipinski definition) is 5. The molecular formula is C26H22ClNO5. The number of aryl methyl sites for hydroxylation is 1. The molecule has 1 aliphatic rings. The van der Waals surface area contributed by atoms with Crippen LogP contribution in [0.15, 0.2) is 72.3 Å². The van der Waals surface area contributed by atoms with Crippen LogP contribution in [0.25, 0.3) is 5.76 Å². The molecule has 0 aliphatic carbocycles. The van der Waals surface area contributed by atoms with Crippen molar-refractivity contribution in [2.75, 3.05) is 19.1 Å². The second-order valence-electron chi connectivity index (χ2n) is 7.58. The van der Waals surface area contributed by atoms with Crippen molar-refractivity contribution in [3.63, 3.8) is 0 Å². The molecule has 0 spiro atoms. The maximum Gasteiger partial charge on any atom is 0.300 e. The number of carbonyl (C=O) groups excluding carboxylic acids is 2. The minimum absolute atomic E-state index is 0.0154. The van der Waals surface area contributed by atoms with Gasteiger partial charge >= 0.3 is 0 Å². The van der Waals surface area contributed by atoms with Gasteiger partial charge in [-0.25, -0.2) is 0 Å². The van der Waals surface area contributed by atoms with Crippen molar-refractivity contribution < 1.29 is 24.2 Å². The van der Waals surface area contributed by atoms with E-state index in [1.807, 2.05) is 31.2 Å². The van der Waals surface area contributed by atoms with E-state index in [4.69, 9.17) is 21.1 Å². The Morgan fingerprint density at radius 1 is 0.970 bits per heavy atom. The Labute approximate surface area is 196 Å². The highest BCUT2D eigenvalue weighted by atomic mass is 35.5. The minimum Gasteiger partial charge on any atom is -0.507 e. The number of benzene rings is 3. The molecule has 4 rings (SSSR count). The molecule has 1 atom stereocenters. The molecule has 1 heterocycles. The van der Waals surface area contributed by atoms with E-state index in [2.05, 4.69) is 0 Å². The highest BCUT2D eigenvalue weighted by molar-refractivity contribution is 6.51. The summed E-state index contributed by atoms with van der Waals surface area (Å²) in [6, 6.07) is 18.2. The average molecular weight is 464 g/mol. The molecule has 1 unspecified atom stereocenters. The summed E-state index contributed by atoms with van der Waals surface area (Å²) >= 11 is 6.25. The van der Waals surface area contributed by atoms with Crippen molar-refractivity contribution >= 4 is 34.7 Å². The SMILES string of the molecule is COc1cccc(N2C(=O)C(=O)/C(=C(/O)c3ccc(OC)c(Cl)c3)C2c2ccccc2C)c1. The molecule has 3 aromatic rings. The molecule has 0 aromatic heterocycles. The summed E-state index contributed by atoms with van der Waals surface area (Å²) < 4.78 is 10.5. The Morgan fingerprint density at radius 2 is 1.73 bits per heavy atom. The molecule has 1 N–H and O–H groups in total. The number of rotatable bonds is 5. The molecular weight excluding hydrogens is 442 g/mol. The number of carbonyl (C=O) groups is 2. The maximum atomic E-state index is 13.3. The van der Waals surface area contributed by atoms with Gasteiger partial charge in [0, 0.05) is 17.3 Å². The second-order valence-corrected chi connectivity index (χ2v) is 7.98. The summed E-state index contributed by atoms with van der Waals surface area (Å²) in [5.41, 5.74) is 2.37. The van der Waals surface area contributed by atoms with Crippen molar-refractivity contribution in [2.24, 2.45) is 0 Å². The van der Waals surface area contributed by atoms with Gasteiger partial charge in [-0.15, -0.1) is 0 Å². The lowest BCUT2D eigenvalue weighted by Crippen LogP contribution is -2.29. The molecule has 168 valence electrons. The number of Topliss-reactive ketones (excluding diaryl/α,β-unsaturated/α-hetero) is 1.